The highest BCUT2D eigenvalue weighted by Gasteiger charge is 2.36. The van der Waals surface area contributed by atoms with E-state index in [1.165, 1.54) is 0 Å². The molecule has 0 bridgehead atoms. The van der Waals surface area contributed by atoms with Crippen molar-refractivity contribution in [2.24, 2.45) is 7.05 Å². The van der Waals surface area contributed by atoms with Gasteiger partial charge >= 0.3 is 0 Å². The van der Waals surface area contributed by atoms with Gasteiger partial charge in [0.1, 0.15) is 5.82 Å². The normalized spacial score (nSPS) is 18.0. The Balaban J connectivity index is 1.45. The summed E-state index contributed by atoms with van der Waals surface area (Å²) in [5.74, 6) is 1.75. The van der Waals surface area contributed by atoms with Crippen molar-refractivity contribution in [2.75, 3.05) is 6.54 Å². The quantitative estimate of drug-likeness (QED) is 0.630. The lowest BCUT2D eigenvalue weighted by atomic mass is 10.1. The summed E-state index contributed by atoms with van der Waals surface area (Å²) in [6.45, 7) is 2.31. The van der Waals surface area contributed by atoms with Crippen LogP contribution in [0.4, 0.5) is 0 Å². The van der Waals surface area contributed by atoms with Crippen LogP contribution >= 0.6 is 0 Å². The maximum absolute atomic E-state index is 13.0. The number of aromatic nitrogens is 4. The van der Waals surface area contributed by atoms with E-state index in [1.54, 1.807) is 29.0 Å². The summed E-state index contributed by atoms with van der Waals surface area (Å²) in [5, 5.41) is 4.16. The lowest BCUT2D eigenvalue weighted by molar-refractivity contribution is 0.363. The SMILES string of the molecule is Cc1nc(S(=O)(=O)N2CCCC2CCc2noc(-c3ccccc3)n2)cn1C. The van der Waals surface area contributed by atoms with E-state index >= 15 is 0 Å². The summed E-state index contributed by atoms with van der Waals surface area (Å²) in [6, 6.07) is 9.51. The van der Waals surface area contributed by atoms with Crippen LogP contribution in [0, 0.1) is 6.92 Å². The second-order valence-electron chi connectivity index (χ2n) is 7.07. The van der Waals surface area contributed by atoms with Crippen LogP contribution in [0.5, 0.6) is 0 Å². The number of imidazole rings is 1. The second-order valence-corrected chi connectivity index (χ2v) is 8.91. The third-order valence-corrected chi connectivity index (χ3v) is 7.00. The Morgan fingerprint density at radius 2 is 2.00 bits per heavy atom. The van der Waals surface area contributed by atoms with E-state index in [4.69, 9.17) is 4.52 Å². The van der Waals surface area contributed by atoms with Crippen molar-refractivity contribution in [1.29, 1.82) is 0 Å². The average Bonchev–Trinajstić information content (AvgIpc) is 3.42. The first-order valence-corrected chi connectivity index (χ1v) is 10.8. The molecule has 28 heavy (non-hydrogen) atoms. The Kier molecular flexibility index (Phi) is 5.03. The fraction of sp³-hybridized carbons (Fsp3) is 0.421. The standard InChI is InChI=1S/C19H23N5O3S/c1-14-20-18(13-23(14)2)28(25,26)24-12-6-9-16(24)10-11-17-21-19(27-22-17)15-7-4-3-5-8-15/h3-5,7-8,13,16H,6,9-12H2,1-2H3. The number of aryl methyl sites for hydroxylation is 3. The van der Waals surface area contributed by atoms with Crippen LogP contribution in [0.1, 0.15) is 30.9 Å². The molecule has 1 aliphatic heterocycles. The number of hydrogen-bond acceptors (Lipinski definition) is 6. The molecule has 3 heterocycles. The maximum Gasteiger partial charge on any atom is 0.262 e. The van der Waals surface area contributed by atoms with Crippen molar-refractivity contribution >= 4 is 10.0 Å². The molecule has 9 heteroatoms. The number of sulfonamides is 1. The van der Waals surface area contributed by atoms with Crippen molar-refractivity contribution < 1.29 is 12.9 Å². The van der Waals surface area contributed by atoms with E-state index in [9.17, 15) is 8.42 Å². The van der Waals surface area contributed by atoms with Crippen molar-refractivity contribution in [3.05, 3.63) is 48.2 Å². The largest absolute Gasteiger partial charge is 0.337 e. The van der Waals surface area contributed by atoms with Crippen LogP contribution in [-0.2, 0) is 23.5 Å². The zero-order chi connectivity index (χ0) is 19.7. The third-order valence-electron chi connectivity index (χ3n) is 5.17. The van der Waals surface area contributed by atoms with Crippen LogP contribution in [0.15, 0.2) is 46.1 Å². The molecule has 1 atom stereocenters. The number of benzene rings is 1. The van der Waals surface area contributed by atoms with Crippen molar-refractivity contribution in [3.8, 4) is 11.5 Å². The Bertz CT molecular complexity index is 1040. The highest BCUT2D eigenvalue weighted by atomic mass is 32.2. The molecule has 0 radical (unpaired) electrons. The second kappa shape index (κ2) is 7.48. The van der Waals surface area contributed by atoms with Gasteiger partial charge in [-0.1, -0.05) is 23.4 Å². The first-order chi connectivity index (χ1) is 13.4. The summed E-state index contributed by atoms with van der Waals surface area (Å²) in [4.78, 5) is 8.65. The van der Waals surface area contributed by atoms with Gasteiger partial charge in [-0.25, -0.2) is 13.4 Å². The summed E-state index contributed by atoms with van der Waals surface area (Å²) in [7, 11) is -1.80. The highest BCUT2D eigenvalue weighted by Crippen LogP contribution is 2.28. The van der Waals surface area contributed by atoms with Gasteiger partial charge in [0.2, 0.25) is 0 Å². The van der Waals surface area contributed by atoms with Gasteiger partial charge in [-0.15, -0.1) is 0 Å². The highest BCUT2D eigenvalue weighted by molar-refractivity contribution is 7.89. The van der Waals surface area contributed by atoms with E-state index in [0.717, 1.165) is 18.4 Å². The lowest BCUT2D eigenvalue weighted by Crippen LogP contribution is -2.36. The van der Waals surface area contributed by atoms with Gasteiger partial charge < -0.3 is 9.09 Å². The van der Waals surface area contributed by atoms with Gasteiger partial charge in [-0.2, -0.15) is 9.29 Å². The molecular weight excluding hydrogens is 378 g/mol. The van der Waals surface area contributed by atoms with Crippen LogP contribution in [0.2, 0.25) is 0 Å². The van der Waals surface area contributed by atoms with Crippen LogP contribution in [0.3, 0.4) is 0 Å². The molecule has 2 aromatic heterocycles. The molecule has 0 spiro atoms. The zero-order valence-electron chi connectivity index (χ0n) is 15.9. The van der Waals surface area contributed by atoms with E-state index in [1.807, 2.05) is 30.3 Å². The summed E-state index contributed by atoms with van der Waals surface area (Å²) < 4.78 is 34.7. The van der Waals surface area contributed by atoms with E-state index in [0.29, 0.717) is 36.9 Å². The molecule has 0 amide bonds. The fourth-order valence-electron chi connectivity index (χ4n) is 3.53. The predicted molar refractivity (Wildman–Crippen MR) is 103 cm³/mol. The van der Waals surface area contributed by atoms with Gasteiger partial charge in [-0.05, 0) is 38.3 Å². The average molecular weight is 401 g/mol. The van der Waals surface area contributed by atoms with Crippen molar-refractivity contribution in [3.63, 3.8) is 0 Å². The van der Waals surface area contributed by atoms with Gasteiger partial charge in [0.05, 0.1) is 0 Å². The Morgan fingerprint density at radius 3 is 2.71 bits per heavy atom. The van der Waals surface area contributed by atoms with Crippen LogP contribution in [0.25, 0.3) is 11.5 Å². The first kappa shape index (κ1) is 18.8. The molecule has 0 saturated carbocycles. The number of rotatable bonds is 6. The first-order valence-electron chi connectivity index (χ1n) is 9.35. The van der Waals surface area contributed by atoms with E-state index < -0.39 is 10.0 Å². The molecule has 4 rings (SSSR count). The summed E-state index contributed by atoms with van der Waals surface area (Å²) >= 11 is 0. The minimum Gasteiger partial charge on any atom is -0.337 e. The number of hydrogen-bond donors (Lipinski definition) is 0. The Hall–Kier alpha value is -2.52. The van der Waals surface area contributed by atoms with Gasteiger partial charge in [0.25, 0.3) is 15.9 Å². The molecule has 1 aromatic carbocycles. The van der Waals surface area contributed by atoms with E-state index in [-0.39, 0.29) is 11.1 Å². The maximum atomic E-state index is 13.0. The van der Waals surface area contributed by atoms with Gasteiger partial charge in [0.15, 0.2) is 10.9 Å². The lowest BCUT2D eigenvalue weighted by Gasteiger charge is -2.22. The topological polar surface area (TPSA) is 94.1 Å². The molecule has 1 fully saturated rings. The van der Waals surface area contributed by atoms with E-state index in [2.05, 4.69) is 15.1 Å². The monoisotopic (exact) mass is 401 g/mol. The predicted octanol–water partition coefficient (Wildman–Crippen LogP) is 2.56. The molecule has 0 aliphatic carbocycles. The van der Waals surface area contributed by atoms with Gasteiger partial charge in [-0.3, -0.25) is 0 Å². The molecule has 1 aliphatic rings. The number of nitrogens with zero attached hydrogens (tertiary/aromatic N) is 5. The van der Waals surface area contributed by atoms with Gasteiger partial charge in [0, 0.05) is 37.8 Å². The minimum atomic E-state index is -3.59. The fourth-order valence-corrected chi connectivity index (χ4v) is 5.29. The molecule has 8 nitrogen and oxygen atoms in total. The molecule has 148 valence electrons. The molecule has 0 N–H and O–H groups in total. The third kappa shape index (κ3) is 3.59. The summed E-state index contributed by atoms with van der Waals surface area (Å²) in [5.41, 5.74) is 0.872. The summed E-state index contributed by atoms with van der Waals surface area (Å²) in [6.07, 6.45) is 4.46. The molecular formula is C19H23N5O3S. The molecule has 1 unspecified atom stereocenters. The molecule has 1 saturated heterocycles. The van der Waals surface area contributed by atoms with Crippen molar-refractivity contribution in [1.82, 2.24) is 24.0 Å². The van der Waals surface area contributed by atoms with Crippen molar-refractivity contribution in [2.45, 2.75) is 43.7 Å². The van der Waals surface area contributed by atoms with Crippen LogP contribution in [-0.4, -0.2) is 45.0 Å². The van der Waals surface area contributed by atoms with Crippen LogP contribution < -0.4 is 0 Å². The molecule has 3 aromatic rings. The smallest absolute Gasteiger partial charge is 0.262 e. The zero-order valence-corrected chi connectivity index (χ0v) is 16.8. The Labute approximate surface area is 164 Å². The minimum absolute atomic E-state index is 0.0778. The Morgan fingerprint density at radius 1 is 1.21 bits per heavy atom.